The van der Waals surface area contributed by atoms with Crippen LogP contribution in [0.3, 0.4) is 0 Å². The van der Waals surface area contributed by atoms with E-state index in [2.05, 4.69) is 15.1 Å². The summed E-state index contributed by atoms with van der Waals surface area (Å²) in [7, 11) is -4.17. The van der Waals surface area contributed by atoms with Gasteiger partial charge in [0, 0.05) is 36.1 Å². The van der Waals surface area contributed by atoms with Gasteiger partial charge in [-0.25, -0.2) is 22.7 Å². The summed E-state index contributed by atoms with van der Waals surface area (Å²) in [4.78, 5) is 38.5. The second-order valence-corrected chi connectivity index (χ2v) is 14.6. The molecule has 0 bridgehead atoms. The number of carbonyl (C=O) groups excluding carboxylic acids is 1. The summed E-state index contributed by atoms with van der Waals surface area (Å²) in [6.45, 7) is 1.31. The minimum atomic E-state index is -4.17. The molecule has 6 rings (SSSR count). The molecule has 0 radical (unpaired) electrons. The first-order valence-electron chi connectivity index (χ1n) is 15.8. The van der Waals surface area contributed by atoms with E-state index in [-0.39, 0.29) is 45.8 Å². The molecule has 0 spiro atoms. The number of ether oxygens (including phenoxy) is 1. The van der Waals surface area contributed by atoms with Crippen LogP contribution in [0.15, 0.2) is 102 Å². The number of likely N-dealkylation sites (tertiary alicyclic amines) is 1. The van der Waals surface area contributed by atoms with Gasteiger partial charge in [-0.3, -0.25) is 14.4 Å². The number of sulfonamides is 1. The lowest BCUT2D eigenvalue weighted by molar-refractivity contribution is -0.116. The standard InChI is InChI=1S/C36H31Cl2N5O8S/c37-24-5-1-22(2-6-24)4-14-34(44)40-32-13-11-27(16-31(32)36(47)48)51-28-19-42(20-28)18-23-3-12-33(30(15-23)35(45)46)41-52(49,50)29-17-39-43(21-29)26-9-7-25(38)8-10-26/h1-3,5-13,15-17,21,28,41H,4,14,18-20H2,(H,40,44)(H,45,46)(H,47,48). The summed E-state index contributed by atoms with van der Waals surface area (Å²) >= 11 is 11.8. The molecule has 2 heterocycles. The molecule has 16 heteroatoms. The molecule has 1 aliphatic rings. The number of carboxylic acid groups (broad SMARTS) is 2. The maximum atomic E-state index is 13.1. The highest BCUT2D eigenvalue weighted by Gasteiger charge is 2.29. The molecular weight excluding hydrogens is 733 g/mol. The lowest BCUT2D eigenvalue weighted by atomic mass is 10.1. The van der Waals surface area contributed by atoms with Crippen molar-refractivity contribution in [3.8, 4) is 11.4 Å². The van der Waals surface area contributed by atoms with Crippen molar-refractivity contribution in [2.75, 3.05) is 23.1 Å². The summed E-state index contributed by atoms with van der Waals surface area (Å²) in [6.07, 6.45) is 2.82. The lowest BCUT2D eigenvalue weighted by Gasteiger charge is -2.39. The van der Waals surface area contributed by atoms with Crippen LogP contribution in [0.25, 0.3) is 5.69 Å². The van der Waals surface area contributed by atoms with Gasteiger partial charge in [0.2, 0.25) is 5.91 Å². The fraction of sp³-hybridized carbons (Fsp3) is 0.167. The van der Waals surface area contributed by atoms with Crippen molar-refractivity contribution in [3.63, 3.8) is 0 Å². The van der Waals surface area contributed by atoms with Crippen LogP contribution in [0, 0.1) is 0 Å². The number of amides is 1. The number of hydrogen-bond acceptors (Lipinski definition) is 8. The van der Waals surface area contributed by atoms with Crippen LogP contribution in [0.4, 0.5) is 11.4 Å². The summed E-state index contributed by atoms with van der Waals surface area (Å²) in [5, 5.41) is 27.6. The molecule has 0 saturated carbocycles. The Kier molecular flexibility index (Phi) is 10.8. The average molecular weight is 765 g/mol. The van der Waals surface area contributed by atoms with Crippen molar-refractivity contribution in [2.24, 2.45) is 0 Å². The first-order valence-corrected chi connectivity index (χ1v) is 18.1. The Hall–Kier alpha value is -5.41. The minimum absolute atomic E-state index is 0.101. The van der Waals surface area contributed by atoms with Crippen molar-refractivity contribution >= 4 is 62.4 Å². The summed E-state index contributed by atoms with van der Waals surface area (Å²) in [5.74, 6) is -2.54. The van der Waals surface area contributed by atoms with Crippen LogP contribution in [0.2, 0.25) is 10.0 Å². The average Bonchev–Trinajstić information content (AvgIpc) is 3.60. The third-order valence-corrected chi connectivity index (χ3v) is 10.0. The van der Waals surface area contributed by atoms with Crippen molar-refractivity contribution in [1.82, 2.24) is 14.7 Å². The number of nitrogens with one attached hydrogen (secondary N) is 2. The molecule has 4 aromatic carbocycles. The normalized spacial score (nSPS) is 13.3. The SMILES string of the molecule is O=C(CCc1ccc(Cl)cc1)Nc1ccc(OC2CN(Cc3ccc(NS(=O)(=O)c4cnn(-c5ccc(Cl)cc5)c4)c(C(=O)O)c3)C2)cc1C(=O)O. The van der Waals surface area contributed by atoms with E-state index in [9.17, 15) is 33.0 Å². The van der Waals surface area contributed by atoms with Gasteiger partial charge >= 0.3 is 11.9 Å². The number of aromatic carboxylic acids is 2. The largest absolute Gasteiger partial charge is 0.488 e. The highest BCUT2D eigenvalue weighted by atomic mass is 35.5. The van der Waals surface area contributed by atoms with Crippen molar-refractivity contribution in [3.05, 3.63) is 130 Å². The number of rotatable bonds is 14. The van der Waals surface area contributed by atoms with Gasteiger partial charge in [-0.2, -0.15) is 5.10 Å². The molecule has 13 nitrogen and oxygen atoms in total. The molecule has 268 valence electrons. The summed E-state index contributed by atoms with van der Waals surface area (Å²) in [5.41, 5.74) is 1.87. The number of halogens is 2. The van der Waals surface area contributed by atoms with E-state index < -0.39 is 22.0 Å². The molecule has 0 aliphatic carbocycles. The van der Waals surface area contributed by atoms with Gasteiger partial charge in [0.05, 0.1) is 40.6 Å². The van der Waals surface area contributed by atoms with E-state index in [1.165, 1.54) is 35.1 Å². The van der Waals surface area contributed by atoms with Gasteiger partial charge in [-0.15, -0.1) is 0 Å². The Morgan fingerprint density at radius 1 is 0.827 bits per heavy atom. The third-order valence-electron chi connectivity index (χ3n) is 8.20. The first-order chi connectivity index (χ1) is 24.8. The molecule has 0 unspecified atom stereocenters. The predicted molar refractivity (Wildman–Crippen MR) is 194 cm³/mol. The third kappa shape index (κ3) is 8.90. The topological polar surface area (TPSA) is 180 Å². The molecule has 0 atom stereocenters. The molecule has 1 saturated heterocycles. The van der Waals surface area contributed by atoms with Gasteiger partial charge < -0.3 is 20.3 Å². The fourth-order valence-electron chi connectivity index (χ4n) is 5.52. The van der Waals surface area contributed by atoms with Crippen molar-refractivity contribution in [1.29, 1.82) is 0 Å². The molecule has 52 heavy (non-hydrogen) atoms. The van der Waals surface area contributed by atoms with Crippen LogP contribution in [0.1, 0.15) is 38.3 Å². The van der Waals surface area contributed by atoms with E-state index >= 15 is 0 Å². The summed E-state index contributed by atoms with van der Waals surface area (Å²) in [6, 6.07) is 22.7. The minimum Gasteiger partial charge on any atom is -0.488 e. The van der Waals surface area contributed by atoms with Crippen LogP contribution in [-0.4, -0.2) is 70.4 Å². The van der Waals surface area contributed by atoms with Gasteiger partial charge in [0.25, 0.3) is 10.0 Å². The number of carboxylic acids is 2. The van der Waals surface area contributed by atoms with E-state index in [1.54, 1.807) is 48.5 Å². The van der Waals surface area contributed by atoms with Gasteiger partial charge in [-0.05, 0) is 84.3 Å². The number of hydrogen-bond donors (Lipinski definition) is 4. The maximum Gasteiger partial charge on any atom is 0.337 e. The molecule has 1 aliphatic heterocycles. The smallest absolute Gasteiger partial charge is 0.337 e. The Morgan fingerprint density at radius 2 is 1.44 bits per heavy atom. The van der Waals surface area contributed by atoms with Crippen LogP contribution < -0.4 is 14.8 Å². The number of aromatic nitrogens is 2. The maximum absolute atomic E-state index is 13.1. The van der Waals surface area contributed by atoms with E-state index in [0.29, 0.717) is 53.1 Å². The Bertz CT molecular complexity index is 2240. The number of aryl methyl sites for hydroxylation is 1. The molecule has 1 fully saturated rings. The highest BCUT2D eigenvalue weighted by Crippen LogP contribution is 2.28. The Balaban J connectivity index is 1.03. The summed E-state index contributed by atoms with van der Waals surface area (Å²) < 4.78 is 36.0. The van der Waals surface area contributed by atoms with E-state index in [1.807, 2.05) is 17.0 Å². The van der Waals surface area contributed by atoms with Crippen LogP contribution in [0.5, 0.6) is 5.75 Å². The number of nitrogens with zero attached hydrogens (tertiary/aromatic N) is 3. The number of carbonyl (C=O) groups is 3. The van der Waals surface area contributed by atoms with E-state index in [4.69, 9.17) is 27.9 Å². The van der Waals surface area contributed by atoms with Crippen molar-refractivity contribution in [2.45, 2.75) is 30.4 Å². The molecule has 1 aromatic heterocycles. The van der Waals surface area contributed by atoms with Gasteiger partial charge in [0.15, 0.2) is 0 Å². The van der Waals surface area contributed by atoms with Gasteiger partial charge in [0.1, 0.15) is 16.7 Å². The monoisotopic (exact) mass is 763 g/mol. The lowest BCUT2D eigenvalue weighted by Crippen LogP contribution is -2.53. The zero-order chi connectivity index (χ0) is 37.0. The van der Waals surface area contributed by atoms with Crippen LogP contribution >= 0.6 is 23.2 Å². The molecule has 4 N–H and O–H groups in total. The molecular formula is C36H31Cl2N5O8S. The fourth-order valence-corrected chi connectivity index (χ4v) is 6.78. The number of benzene rings is 4. The zero-order valence-electron chi connectivity index (χ0n) is 27.2. The second kappa shape index (κ2) is 15.5. The predicted octanol–water partition coefficient (Wildman–Crippen LogP) is 6.21. The van der Waals surface area contributed by atoms with Crippen LogP contribution in [-0.2, 0) is 27.8 Å². The first kappa shape index (κ1) is 36.4. The van der Waals surface area contributed by atoms with Gasteiger partial charge in [-0.1, -0.05) is 41.4 Å². The quantitative estimate of drug-likeness (QED) is 0.102. The number of anilines is 2. The van der Waals surface area contributed by atoms with E-state index in [0.717, 1.165) is 11.8 Å². The second-order valence-electron chi connectivity index (χ2n) is 12.0. The van der Waals surface area contributed by atoms with Crippen molar-refractivity contribution < 1.29 is 37.8 Å². The Morgan fingerprint density at radius 3 is 2.12 bits per heavy atom. The molecule has 1 amide bonds. The molecule has 5 aromatic rings. The zero-order valence-corrected chi connectivity index (χ0v) is 29.5. The highest BCUT2D eigenvalue weighted by molar-refractivity contribution is 7.92. The Labute approximate surface area is 308 Å².